The summed E-state index contributed by atoms with van der Waals surface area (Å²) in [5.41, 5.74) is 0.195. The van der Waals surface area contributed by atoms with E-state index < -0.39 is 17.7 Å². The van der Waals surface area contributed by atoms with Gasteiger partial charge in [-0.05, 0) is 30.9 Å². The van der Waals surface area contributed by atoms with Gasteiger partial charge >= 0.3 is 12.1 Å². The maximum atomic E-state index is 13.0. The molecule has 2 amide bonds. The summed E-state index contributed by atoms with van der Waals surface area (Å²) in [5.74, 6) is -1.98. The first-order chi connectivity index (χ1) is 14.4. The van der Waals surface area contributed by atoms with Crippen molar-refractivity contribution in [2.24, 2.45) is 5.92 Å². The number of aromatic amines is 1. The van der Waals surface area contributed by atoms with Crippen LogP contribution in [0.2, 0.25) is 0 Å². The summed E-state index contributed by atoms with van der Waals surface area (Å²) in [5, 5.41) is 7.12. The fraction of sp³-hybridized carbons (Fsp3) is 0.650. The molecule has 2 N–H and O–H groups in total. The molecule has 1 aromatic heterocycles. The number of alkyl halides is 3. The number of carbonyl (C=O) groups excluding carboxylic acids is 2. The Bertz CT molecular complexity index is 772. The van der Waals surface area contributed by atoms with Gasteiger partial charge in [-0.3, -0.25) is 14.5 Å². The lowest BCUT2D eigenvalue weighted by Gasteiger charge is -2.52. The highest BCUT2D eigenvalue weighted by molar-refractivity contribution is 5.93. The van der Waals surface area contributed by atoms with Crippen LogP contribution < -0.4 is 0 Å². The molecule has 0 aromatic carbocycles. The summed E-state index contributed by atoms with van der Waals surface area (Å²) in [6.07, 6.45) is -1.88. The molecule has 2 fully saturated rings. The lowest BCUT2D eigenvalue weighted by atomic mass is 9.82. The van der Waals surface area contributed by atoms with Crippen molar-refractivity contribution >= 4 is 17.8 Å². The van der Waals surface area contributed by atoms with Gasteiger partial charge in [0.1, 0.15) is 11.2 Å². The molecule has 2 saturated heterocycles. The number of nitrogens with zero attached hydrogens (tertiary/aromatic N) is 3. The summed E-state index contributed by atoms with van der Waals surface area (Å²) < 4.78 is 31.7. The van der Waals surface area contributed by atoms with E-state index >= 15 is 0 Å². The second kappa shape index (κ2) is 9.71. The Morgan fingerprint density at radius 1 is 1.19 bits per heavy atom. The second-order valence-electron chi connectivity index (χ2n) is 8.28. The van der Waals surface area contributed by atoms with E-state index in [0.717, 1.165) is 32.5 Å². The molecule has 174 valence electrons. The van der Waals surface area contributed by atoms with Crippen molar-refractivity contribution in [2.75, 3.05) is 39.8 Å². The Kier molecular flexibility index (Phi) is 7.74. The van der Waals surface area contributed by atoms with Crippen molar-refractivity contribution in [1.82, 2.24) is 19.7 Å². The standard InChI is InChI=1S/C18H28N4O2.C2HF3O2/c1-14(2)13-22-12-11-20(3)17(24)18(22)6-9-21(10-7-18)16(23)15-5-4-8-19-15;3-2(4,5)1(6)7/h4-5,8,14,19H,6-7,9-13H2,1-3H3;(H,6,7). The van der Waals surface area contributed by atoms with Crippen LogP contribution in [0.4, 0.5) is 13.2 Å². The number of piperazine rings is 1. The van der Waals surface area contributed by atoms with Crippen LogP contribution in [-0.2, 0) is 9.59 Å². The molecule has 0 saturated carbocycles. The van der Waals surface area contributed by atoms with E-state index in [1.165, 1.54) is 0 Å². The van der Waals surface area contributed by atoms with Crippen LogP contribution >= 0.6 is 0 Å². The third-order valence-corrected chi connectivity index (χ3v) is 5.59. The lowest BCUT2D eigenvalue weighted by Crippen LogP contribution is -2.68. The highest BCUT2D eigenvalue weighted by Crippen LogP contribution is 2.34. The molecule has 2 aliphatic heterocycles. The van der Waals surface area contributed by atoms with Gasteiger partial charge < -0.3 is 19.9 Å². The second-order valence-corrected chi connectivity index (χ2v) is 8.28. The van der Waals surface area contributed by atoms with Crippen LogP contribution in [0.5, 0.6) is 0 Å². The van der Waals surface area contributed by atoms with Gasteiger partial charge in [0.05, 0.1) is 0 Å². The quantitative estimate of drug-likeness (QED) is 0.741. The zero-order chi connectivity index (χ0) is 23.4. The van der Waals surface area contributed by atoms with E-state index in [1.54, 1.807) is 12.3 Å². The number of halogens is 3. The summed E-state index contributed by atoms with van der Waals surface area (Å²) in [7, 11) is 1.90. The van der Waals surface area contributed by atoms with E-state index in [0.29, 0.717) is 24.7 Å². The predicted octanol–water partition coefficient (Wildman–Crippen LogP) is 2.05. The smallest absolute Gasteiger partial charge is 0.475 e. The van der Waals surface area contributed by atoms with Crippen molar-refractivity contribution in [3.63, 3.8) is 0 Å². The van der Waals surface area contributed by atoms with Crippen LogP contribution in [0.15, 0.2) is 18.3 Å². The Morgan fingerprint density at radius 2 is 1.77 bits per heavy atom. The number of H-pyrrole nitrogens is 1. The number of piperidine rings is 1. The van der Waals surface area contributed by atoms with Gasteiger partial charge in [0.2, 0.25) is 5.91 Å². The maximum absolute atomic E-state index is 13.0. The van der Waals surface area contributed by atoms with Gasteiger partial charge in [-0.2, -0.15) is 13.2 Å². The first-order valence-corrected chi connectivity index (χ1v) is 10.1. The number of aliphatic carboxylic acids is 1. The van der Waals surface area contributed by atoms with E-state index in [1.807, 2.05) is 22.9 Å². The van der Waals surface area contributed by atoms with Crippen molar-refractivity contribution in [3.05, 3.63) is 24.0 Å². The van der Waals surface area contributed by atoms with Gasteiger partial charge in [-0.1, -0.05) is 13.8 Å². The first-order valence-electron chi connectivity index (χ1n) is 10.1. The molecule has 11 heteroatoms. The van der Waals surface area contributed by atoms with Gasteiger partial charge in [0.25, 0.3) is 5.91 Å². The number of likely N-dealkylation sites (N-methyl/N-ethyl adjacent to an activating group) is 1. The average molecular weight is 446 g/mol. The van der Waals surface area contributed by atoms with Crippen LogP contribution in [0.1, 0.15) is 37.2 Å². The van der Waals surface area contributed by atoms with Gasteiger partial charge in [0.15, 0.2) is 0 Å². The normalized spacial score (nSPS) is 19.4. The van der Waals surface area contributed by atoms with Crippen LogP contribution in [0.3, 0.4) is 0 Å². The first kappa shape index (κ1) is 24.7. The number of aromatic nitrogens is 1. The van der Waals surface area contributed by atoms with Crippen LogP contribution in [0.25, 0.3) is 0 Å². The van der Waals surface area contributed by atoms with Crippen molar-refractivity contribution in [2.45, 2.75) is 38.4 Å². The summed E-state index contributed by atoms with van der Waals surface area (Å²) in [6, 6.07) is 3.64. The molecule has 8 nitrogen and oxygen atoms in total. The average Bonchev–Trinajstić information content (AvgIpc) is 3.23. The third-order valence-electron chi connectivity index (χ3n) is 5.59. The molecular weight excluding hydrogens is 417 g/mol. The minimum Gasteiger partial charge on any atom is -0.475 e. The number of amides is 2. The zero-order valence-electron chi connectivity index (χ0n) is 17.9. The maximum Gasteiger partial charge on any atom is 0.490 e. The summed E-state index contributed by atoms with van der Waals surface area (Å²) in [6.45, 7) is 8.30. The topological polar surface area (TPSA) is 97.0 Å². The van der Waals surface area contributed by atoms with Crippen LogP contribution in [-0.4, -0.2) is 94.1 Å². The molecular formula is C20H29F3N4O4. The molecule has 0 bridgehead atoms. The number of rotatable bonds is 3. The van der Waals surface area contributed by atoms with Crippen LogP contribution in [0, 0.1) is 5.92 Å². The summed E-state index contributed by atoms with van der Waals surface area (Å²) in [4.78, 5) is 43.5. The van der Waals surface area contributed by atoms with Gasteiger partial charge in [-0.25, -0.2) is 4.79 Å². The van der Waals surface area contributed by atoms with Crippen molar-refractivity contribution in [1.29, 1.82) is 0 Å². The molecule has 31 heavy (non-hydrogen) atoms. The number of carboxylic acids is 1. The van der Waals surface area contributed by atoms with Gasteiger partial charge in [0, 0.05) is 46.0 Å². The minimum absolute atomic E-state index is 0.0295. The third kappa shape index (κ3) is 5.78. The zero-order valence-corrected chi connectivity index (χ0v) is 17.9. The van der Waals surface area contributed by atoms with Crippen molar-refractivity contribution in [3.8, 4) is 0 Å². The minimum atomic E-state index is -5.08. The number of carbonyl (C=O) groups is 3. The molecule has 2 aliphatic rings. The summed E-state index contributed by atoms with van der Waals surface area (Å²) >= 11 is 0. The van der Waals surface area contributed by atoms with E-state index in [9.17, 15) is 22.8 Å². The predicted molar refractivity (Wildman–Crippen MR) is 106 cm³/mol. The SMILES string of the molecule is CC(C)CN1CCN(C)C(=O)C12CCN(C(=O)c1ccc[nH]1)CC2.O=C(O)C(F)(F)F. The molecule has 0 radical (unpaired) electrons. The molecule has 3 heterocycles. The lowest BCUT2D eigenvalue weighted by molar-refractivity contribution is -0.192. The molecule has 0 unspecified atom stereocenters. The van der Waals surface area contributed by atoms with E-state index in [4.69, 9.17) is 9.90 Å². The molecule has 0 atom stereocenters. The van der Waals surface area contributed by atoms with E-state index in [2.05, 4.69) is 23.7 Å². The Morgan fingerprint density at radius 3 is 2.23 bits per heavy atom. The van der Waals surface area contributed by atoms with Gasteiger partial charge in [-0.15, -0.1) is 0 Å². The number of carboxylic acid groups (broad SMARTS) is 1. The van der Waals surface area contributed by atoms with E-state index in [-0.39, 0.29) is 11.8 Å². The Labute approximate surface area is 179 Å². The Hall–Kier alpha value is -2.56. The fourth-order valence-electron chi connectivity index (χ4n) is 4.03. The molecule has 1 spiro atoms. The highest BCUT2D eigenvalue weighted by Gasteiger charge is 2.50. The highest BCUT2D eigenvalue weighted by atomic mass is 19.4. The van der Waals surface area contributed by atoms with Crippen molar-refractivity contribution < 1.29 is 32.7 Å². The number of hydrogen-bond acceptors (Lipinski definition) is 4. The molecule has 0 aliphatic carbocycles. The fourth-order valence-corrected chi connectivity index (χ4v) is 4.03. The monoisotopic (exact) mass is 446 g/mol. The molecule has 1 aromatic rings. The Balaban J connectivity index is 0.000000423. The number of likely N-dealkylation sites (tertiary alicyclic amines) is 1. The number of nitrogens with one attached hydrogen (secondary N) is 1. The number of hydrogen-bond donors (Lipinski definition) is 2. The molecule has 3 rings (SSSR count). The largest absolute Gasteiger partial charge is 0.490 e.